The van der Waals surface area contributed by atoms with Gasteiger partial charge in [0.25, 0.3) is 0 Å². The molecule has 0 saturated carbocycles. The number of carbonyl (C=O) groups is 1. The molecule has 0 heterocycles. The number of nitrogens with one attached hydrogen (secondary N) is 1. The largest absolute Gasteiger partial charge is 0.348 e. The van der Waals surface area contributed by atoms with Crippen LogP contribution in [0.4, 0.5) is 0 Å². The molecular weight excluding hydrogens is 372 g/mol. The van der Waals surface area contributed by atoms with E-state index >= 15 is 0 Å². The zero-order valence-corrected chi connectivity index (χ0v) is 16.6. The van der Waals surface area contributed by atoms with Gasteiger partial charge in [-0.3, -0.25) is 4.79 Å². The molecule has 0 radical (unpaired) electrons. The predicted octanol–water partition coefficient (Wildman–Crippen LogP) is 3.40. The fraction of sp³-hybridized carbons (Fsp3) is 0.316. The van der Waals surface area contributed by atoms with Crippen LogP contribution in [-0.4, -0.2) is 32.2 Å². The Kier molecular flexibility index (Phi) is 6.81. The summed E-state index contributed by atoms with van der Waals surface area (Å²) < 4.78 is 26.0. The summed E-state index contributed by atoms with van der Waals surface area (Å²) in [5, 5.41) is 3.28. The van der Waals surface area contributed by atoms with Gasteiger partial charge in [-0.2, -0.15) is 4.31 Å². The van der Waals surface area contributed by atoms with E-state index in [9.17, 15) is 13.2 Å². The highest BCUT2D eigenvalue weighted by molar-refractivity contribution is 7.89. The molecule has 0 aliphatic carbocycles. The van der Waals surface area contributed by atoms with Crippen LogP contribution in [0.25, 0.3) is 0 Å². The normalized spacial score (nSPS) is 12.8. The van der Waals surface area contributed by atoms with E-state index in [-0.39, 0.29) is 23.4 Å². The number of halogens is 1. The fourth-order valence-corrected chi connectivity index (χ4v) is 3.74. The lowest BCUT2D eigenvalue weighted by Crippen LogP contribution is -2.39. The van der Waals surface area contributed by atoms with E-state index in [0.29, 0.717) is 5.02 Å². The van der Waals surface area contributed by atoms with Crippen molar-refractivity contribution < 1.29 is 13.2 Å². The predicted molar refractivity (Wildman–Crippen MR) is 104 cm³/mol. The topological polar surface area (TPSA) is 66.5 Å². The molecule has 5 nitrogen and oxygen atoms in total. The summed E-state index contributed by atoms with van der Waals surface area (Å²) in [5.74, 6) is -0.364. The summed E-state index contributed by atoms with van der Waals surface area (Å²) in [6, 6.07) is 13.6. The van der Waals surface area contributed by atoms with E-state index in [1.54, 1.807) is 0 Å². The fourth-order valence-electron chi connectivity index (χ4n) is 2.49. The third-order valence-electron chi connectivity index (χ3n) is 4.15. The minimum atomic E-state index is -3.75. The molecule has 1 unspecified atom stereocenters. The van der Waals surface area contributed by atoms with Crippen LogP contribution >= 0.6 is 11.6 Å². The summed E-state index contributed by atoms with van der Waals surface area (Å²) in [6.07, 6.45) is 0.953. The molecule has 2 aromatic carbocycles. The maximum Gasteiger partial charge on any atom is 0.243 e. The van der Waals surface area contributed by atoms with Crippen molar-refractivity contribution in [2.75, 3.05) is 13.6 Å². The second kappa shape index (κ2) is 8.66. The Morgan fingerprint density at radius 2 is 1.69 bits per heavy atom. The molecule has 140 valence electrons. The van der Waals surface area contributed by atoms with Crippen molar-refractivity contribution in [1.82, 2.24) is 9.62 Å². The number of nitrogens with zero attached hydrogens (tertiary/aromatic N) is 1. The second-order valence-electron chi connectivity index (χ2n) is 6.10. The zero-order valence-electron chi connectivity index (χ0n) is 15.1. The molecule has 26 heavy (non-hydrogen) atoms. The van der Waals surface area contributed by atoms with E-state index in [1.165, 1.54) is 36.9 Å². The number of amides is 1. The first-order valence-electron chi connectivity index (χ1n) is 8.34. The van der Waals surface area contributed by atoms with E-state index in [2.05, 4.69) is 12.2 Å². The van der Waals surface area contributed by atoms with Gasteiger partial charge >= 0.3 is 0 Å². The molecule has 0 bridgehead atoms. The highest BCUT2D eigenvalue weighted by Crippen LogP contribution is 2.18. The Hall–Kier alpha value is -1.89. The SMILES string of the molecule is CCc1ccc(C(C)NC(=O)CN(C)S(=O)(=O)c2ccc(Cl)cc2)cc1. The Morgan fingerprint density at radius 3 is 2.23 bits per heavy atom. The van der Waals surface area contributed by atoms with Gasteiger partial charge in [0, 0.05) is 12.1 Å². The molecule has 0 fully saturated rings. The quantitative estimate of drug-likeness (QED) is 0.782. The Labute approximate surface area is 160 Å². The van der Waals surface area contributed by atoms with E-state index < -0.39 is 10.0 Å². The molecule has 1 atom stereocenters. The molecule has 2 rings (SSSR count). The third-order valence-corrected chi connectivity index (χ3v) is 6.22. The monoisotopic (exact) mass is 394 g/mol. The van der Waals surface area contributed by atoms with Gasteiger partial charge in [-0.05, 0) is 48.7 Å². The molecule has 1 N–H and O–H groups in total. The van der Waals surface area contributed by atoms with Crippen LogP contribution < -0.4 is 5.32 Å². The van der Waals surface area contributed by atoms with E-state index in [1.807, 2.05) is 31.2 Å². The first kappa shape index (κ1) is 20.4. The van der Waals surface area contributed by atoms with Gasteiger partial charge in [0.2, 0.25) is 15.9 Å². The van der Waals surface area contributed by atoms with Crippen molar-refractivity contribution in [3.05, 3.63) is 64.7 Å². The number of likely N-dealkylation sites (N-methyl/N-ethyl adjacent to an activating group) is 1. The average Bonchev–Trinajstić information content (AvgIpc) is 2.61. The zero-order chi connectivity index (χ0) is 19.3. The van der Waals surface area contributed by atoms with Gasteiger partial charge in [0.15, 0.2) is 0 Å². The minimum Gasteiger partial charge on any atom is -0.348 e. The number of rotatable bonds is 7. The van der Waals surface area contributed by atoms with Crippen LogP contribution in [0, 0.1) is 0 Å². The van der Waals surface area contributed by atoms with Gasteiger partial charge in [0.1, 0.15) is 0 Å². The highest BCUT2D eigenvalue weighted by atomic mass is 35.5. The summed E-state index contributed by atoms with van der Waals surface area (Å²) in [7, 11) is -2.37. The molecule has 0 spiro atoms. The van der Waals surface area contributed by atoms with E-state index in [4.69, 9.17) is 11.6 Å². The summed E-state index contributed by atoms with van der Waals surface area (Å²) >= 11 is 5.79. The maximum atomic E-state index is 12.5. The summed E-state index contributed by atoms with van der Waals surface area (Å²) in [4.78, 5) is 12.4. The van der Waals surface area contributed by atoms with Crippen molar-refractivity contribution in [3.63, 3.8) is 0 Å². The van der Waals surface area contributed by atoms with E-state index in [0.717, 1.165) is 16.3 Å². The first-order valence-corrected chi connectivity index (χ1v) is 10.2. The van der Waals surface area contributed by atoms with Crippen LogP contribution in [0.1, 0.15) is 31.0 Å². The van der Waals surface area contributed by atoms with Gasteiger partial charge < -0.3 is 5.32 Å². The highest BCUT2D eigenvalue weighted by Gasteiger charge is 2.23. The molecule has 0 aliphatic rings. The number of hydrogen-bond acceptors (Lipinski definition) is 3. The van der Waals surface area contributed by atoms with Crippen molar-refractivity contribution in [2.24, 2.45) is 0 Å². The number of sulfonamides is 1. The average molecular weight is 395 g/mol. The lowest BCUT2D eigenvalue weighted by atomic mass is 10.1. The summed E-state index contributed by atoms with van der Waals surface area (Å²) in [6.45, 7) is 3.69. The van der Waals surface area contributed by atoms with Gasteiger partial charge in [-0.25, -0.2) is 8.42 Å². The Balaban J connectivity index is 2.00. The lowest BCUT2D eigenvalue weighted by molar-refractivity contribution is -0.121. The van der Waals surface area contributed by atoms with Crippen LogP contribution in [-0.2, 0) is 21.2 Å². The second-order valence-corrected chi connectivity index (χ2v) is 8.58. The number of hydrogen-bond donors (Lipinski definition) is 1. The molecule has 0 saturated heterocycles. The van der Waals surface area contributed by atoms with Crippen molar-refractivity contribution in [1.29, 1.82) is 0 Å². The first-order chi connectivity index (χ1) is 12.2. The standard InChI is InChI=1S/C19H23ClN2O3S/c1-4-15-5-7-16(8-6-15)14(2)21-19(23)13-22(3)26(24,25)18-11-9-17(20)10-12-18/h5-12,14H,4,13H2,1-3H3,(H,21,23). The van der Waals surface area contributed by atoms with Gasteiger partial charge in [-0.1, -0.05) is 42.8 Å². The third kappa shape index (κ3) is 5.06. The molecule has 0 aromatic heterocycles. The van der Waals surface area contributed by atoms with Gasteiger partial charge in [0.05, 0.1) is 17.5 Å². The maximum absolute atomic E-state index is 12.5. The van der Waals surface area contributed by atoms with Crippen LogP contribution in [0.2, 0.25) is 5.02 Å². The smallest absolute Gasteiger partial charge is 0.243 e. The number of benzene rings is 2. The van der Waals surface area contributed by atoms with Crippen molar-refractivity contribution in [2.45, 2.75) is 31.2 Å². The number of aryl methyl sites for hydroxylation is 1. The van der Waals surface area contributed by atoms with Crippen molar-refractivity contribution in [3.8, 4) is 0 Å². The Bertz CT molecular complexity index is 849. The summed E-state index contributed by atoms with van der Waals surface area (Å²) in [5.41, 5.74) is 2.19. The molecule has 2 aromatic rings. The van der Waals surface area contributed by atoms with Gasteiger partial charge in [-0.15, -0.1) is 0 Å². The Morgan fingerprint density at radius 1 is 1.12 bits per heavy atom. The minimum absolute atomic E-state index is 0.0976. The molecule has 0 aliphatic heterocycles. The number of carbonyl (C=O) groups excluding carboxylic acids is 1. The molecule has 7 heteroatoms. The lowest BCUT2D eigenvalue weighted by Gasteiger charge is -2.19. The van der Waals surface area contributed by atoms with Crippen LogP contribution in [0.3, 0.4) is 0 Å². The molecule has 1 amide bonds. The molecular formula is C19H23ClN2O3S. The van der Waals surface area contributed by atoms with Crippen molar-refractivity contribution >= 4 is 27.5 Å². The van der Waals surface area contributed by atoms with Crippen LogP contribution in [0.15, 0.2) is 53.4 Å². The van der Waals surface area contributed by atoms with Crippen LogP contribution in [0.5, 0.6) is 0 Å².